The summed E-state index contributed by atoms with van der Waals surface area (Å²) >= 11 is 0. The molecule has 0 spiro atoms. The summed E-state index contributed by atoms with van der Waals surface area (Å²) in [5.41, 5.74) is 8.17. The number of cyclic esters (lactones) is 1. The molecule has 1 aliphatic rings. The molecule has 0 saturated heterocycles. The monoisotopic (exact) mass is 421 g/mol. The SMILES string of the molecule is CCCC1(CCc2ccccc2)CC(O)=C(C(c2cccc(N)c2)C(C)(C)C)C(=O)O1. The van der Waals surface area contributed by atoms with Crippen molar-refractivity contribution in [3.05, 3.63) is 77.1 Å². The van der Waals surface area contributed by atoms with Crippen LogP contribution in [-0.4, -0.2) is 16.7 Å². The summed E-state index contributed by atoms with van der Waals surface area (Å²) in [5, 5.41) is 11.2. The van der Waals surface area contributed by atoms with Crippen molar-refractivity contribution in [2.75, 3.05) is 5.73 Å². The van der Waals surface area contributed by atoms with Gasteiger partial charge >= 0.3 is 5.97 Å². The Kier molecular flexibility index (Phi) is 6.78. The Hall–Kier alpha value is -2.75. The number of benzene rings is 2. The van der Waals surface area contributed by atoms with Crippen LogP contribution in [0.1, 0.15) is 70.4 Å². The number of ether oxygens (including phenoxy) is 1. The molecule has 166 valence electrons. The Bertz CT molecular complexity index is 942. The van der Waals surface area contributed by atoms with Gasteiger partial charge in [0.15, 0.2) is 0 Å². The number of hydrogen-bond donors (Lipinski definition) is 2. The quantitative estimate of drug-likeness (QED) is 0.405. The van der Waals surface area contributed by atoms with Crippen molar-refractivity contribution in [1.82, 2.24) is 0 Å². The third-order valence-electron chi connectivity index (χ3n) is 6.15. The molecule has 4 heteroatoms. The second kappa shape index (κ2) is 9.17. The first kappa shape index (κ1) is 22.9. The highest BCUT2D eigenvalue weighted by atomic mass is 16.6. The fourth-order valence-electron chi connectivity index (χ4n) is 4.80. The molecule has 2 aromatic rings. The molecule has 0 radical (unpaired) electrons. The molecule has 1 aliphatic heterocycles. The van der Waals surface area contributed by atoms with Crippen LogP contribution in [0.3, 0.4) is 0 Å². The predicted octanol–water partition coefficient (Wildman–Crippen LogP) is 6.33. The van der Waals surface area contributed by atoms with E-state index in [-0.39, 0.29) is 17.1 Å². The van der Waals surface area contributed by atoms with Crippen molar-refractivity contribution in [3.63, 3.8) is 0 Å². The molecule has 0 aliphatic carbocycles. The summed E-state index contributed by atoms with van der Waals surface area (Å²) in [6.45, 7) is 8.28. The van der Waals surface area contributed by atoms with Gasteiger partial charge in [-0.1, -0.05) is 76.6 Å². The van der Waals surface area contributed by atoms with Crippen molar-refractivity contribution >= 4 is 11.7 Å². The Labute approximate surface area is 186 Å². The van der Waals surface area contributed by atoms with E-state index in [9.17, 15) is 9.90 Å². The average Bonchev–Trinajstić information content (AvgIpc) is 2.69. The van der Waals surface area contributed by atoms with Gasteiger partial charge in [-0.15, -0.1) is 0 Å². The minimum atomic E-state index is -0.673. The van der Waals surface area contributed by atoms with Crippen LogP contribution in [-0.2, 0) is 16.0 Å². The second-order valence-corrected chi connectivity index (χ2v) is 9.81. The zero-order chi connectivity index (χ0) is 22.6. The van der Waals surface area contributed by atoms with E-state index >= 15 is 0 Å². The summed E-state index contributed by atoms with van der Waals surface area (Å²) in [6, 6.07) is 17.8. The maximum atomic E-state index is 13.4. The lowest BCUT2D eigenvalue weighted by Gasteiger charge is -2.41. The van der Waals surface area contributed by atoms with E-state index in [1.165, 1.54) is 5.56 Å². The number of carbonyl (C=O) groups excluding carboxylic acids is 1. The van der Waals surface area contributed by atoms with Crippen LogP contribution in [0.15, 0.2) is 65.9 Å². The van der Waals surface area contributed by atoms with Crippen molar-refractivity contribution in [3.8, 4) is 0 Å². The molecular formula is C27H35NO3. The van der Waals surface area contributed by atoms with Gasteiger partial charge in [0.05, 0.1) is 5.57 Å². The van der Waals surface area contributed by atoms with E-state index in [1.54, 1.807) is 0 Å². The van der Waals surface area contributed by atoms with Crippen LogP contribution in [0.4, 0.5) is 5.69 Å². The van der Waals surface area contributed by atoms with Crippen LogP contribution in [0.25, 0.3) is 0 Å². The van der Waals surface area contributed by atoms with E-state index in [1.807, 2.05) is 42.5 Å². The number of aryl methyl sites for hydroxylation is 1. The molecule has 2 aromatic carbocycles. The van der Waals surface area contributed by atoms with Crippen molar-refractivity contribution in [2.45, 2.75) is 71.3 Å². The van der Waals surface area contributed by atoms with E-state index in [0.717, 1.165) is 24.8 Å². The molecule has 2 atom stereocenters. The normalized spacial score (nSPS) is 20.5. The zero-order valence-corrected chi connectivity index (χ0v) is 19.2. The molecule has 0 saturated carbocycles. The summed E-state index contributed by atoms with van der Waals surface area (Å²) in [4.78, 5) is 13.4. The first-order chi connectivity index (χ1) is 14.6. The molecule has 1 heterocycles. The molecule has 3 rings (SSSR count). The third-order valence-corrected chi connectivity index (χ3v) is 6.15. The first-order valence-electron chi connectivity index (χ1n) is 11.2. The molecule has 3 N–H and O–H groups in total. The fraction of sp³-hybridized carbons (Fsp3) is 0.444. The van der Waals surface area contributed by atoms with Crippen LogP contribution in [0.5, 0.6) is 0 Å². The molecule has 0 amide bonds. The number of anilines is 1. The molecule has 31 heavy (non-hydrogen) atoms. The van der Waals surface area contributed by atoms with E-state index in [0.29, 0.717) is 24.1 Å². The number of aliphatic hydroxyl groups is 1. The second-order valence-electron chi connectivity index (χ2n) is 9.81. The largest absolute Gasteiger partial charge is 0.512 e. The number of esters is 1. The number of carbonyl (C=O) groups is 1. The molecule has 2 unspecified atom stereocenters. The number of aliphatic hydroxyl groups excluding tert-OH is 1. The van der Waals surface area contributed by atoms with Gasteiger partial charge in [-0.2, -0.15) is 0 Å². The van der Waals surface area contributed by atoms with Gasteiger partial charge in [0.1, 0.15) is 11.4 Å². The highest BCUT2D eigenvalue weighted by Crippen LogP contribution is 2.47. The number of rotatable bonds is 7. The lowest BCUT2D eigenvalue weighted by molar-refractivity contribution is -0.161. The smallest absolute Gasteiger partial charge is 0.338 e. The van der Waals surface area contributed by atoms with Crippen molar-refractivity contribution in [2.24, 2.45) is 5.41 Å². The number of hydrogen-bond acceptors (Lipinski definition) is 4. The van der Waals surface area contributed by atoms with Crippen LogP contribution in [0, 0.1) is 5.41 Å². The average molecular weight is 422 g/mol. The fourth-order valence-corrected chi connectivity index (χ4v) is 4.80. The van der Waals surface area contributed by atoms with E-state index in [4.69, 9.17) is 10.5 Å². The van der Waals surface area contributed by atoms with Crippen molar-refractivity contribution < 1.29 is 14.6 Å². The molecule has 4 nitrogen and oxygen atoms in total. The van der Waals surface area contributed by atoms with Gasteiger partial charge in [-0.3, -0.25) is 0 Å². The Balaban J connectivity index is 1.96. The summed E-state index contributed by atoms with van der Waals surface area (Å²) in [5.74, 6) is -0.565. The maximum absolute atomic E-state index is 13.4. The highest BCUT2D eigenvalue weighted by molar-refractivity contribution is 5.92. The van der Waals surface area contributed by atoms with Gasteiger partial charge in [-0.25, -0.2) is 4.79 Å². The van der Waals surface area contributed by atoms with Crippen molar-refractivity contribution in [1.29, 1.82) is 0 Å². The molecular weight excluding hydrogens is 386 g/mol. The molecule has 0 aromatic heterocycles. The van der Waals surface area contributed by atoms with Gasteiger partial charge in [0, 0.05) is 18.0 Å². The predicted molar refractivity (Wildman–Crippen MR) is 126 cm³/mol. The first-order valence-corrected chi connectivity index (χ1v) is 11.2. The minimum Gasteiger partial charge on any atom is -0.512 e. The topological polar surface area (TPSA) is 72.5 Å². The Morgan fingerprint density at radius 3 is 2.39 bits per heavy atom. The summed E-state index contributed by atoms with van der Waals surface area (Å²) in [7, 11) is 0. The number of nitrogens with two attached hydrogens (primary N) is 1. The minimum absolute atomic E-state index is 0.153. The van der Waals surface area contributed by atoms with Crippen LogP contribution >= 0.6 is 0 Å². The third kappa shape index (κ3) is 5.30. The van der Waals surface area contributed by atoms with E-state index in [2.05, 4.69) is 39.8 Å². The Morgan fingerprint density at radius 2 is 1.81 bits per heavy atom. The van der Waals surface area contributed by atoms with Gasteiger partial charge in [-0.05, 0) is 47.9 Å². The van der Waals surface area contributed by atoms with Gasteiger partial charge < -0.3 is 15.6 Å². The molecule has 0 bridgehead atoms. The van der Waals surface area contributed by atoms with Gasteiger partial charge in [0.2, 0.25) is 0 Å². The highest BCUT2D eigenvalue weighted by Gasteiger charge is 2.45. The van der Waals surface area contributed by atoms with Gasteiger partial charge in [0.25, 0.3) is 0 Å². The lowest BCUT2D eigenvalue weighted by Crippen LogP contribution is -2.43. The van der Waals surface area contributed by atoms with Crippen LogP contribution in [0.2, 0.25) is 0 Å². The Morgan fingerprint density at radius 1 is 1.10 bits per heavy atom. The summed E-state index contributed by atoms with van der Waals surface area (Å²) in [6.07, 6.45) is 3.44. The zero-order valence-electron chi connectivity index (χ0n) is 19.2. The lowest BCUT2D eigenvalue weighted by atomic mass is 9.70. The molecule has 0 fully saturated rings. The van der Waals surface area contributed by atoms with E-state index < -0.39 is 11.6 Å². The standard InChI is InChI=1S/C27H35NO3/c1-5-15-27(16-14-19-10-7-6-8-11-19)18-22(29)23(25(30)31-27)24(26(2,3)4)20-12-9-13-21(28)17-20/h6-13,17,24,29H,5,14-16,18,28H2,1-4H3. The summed E-state index contributed by atoms with van der Waals surface area (Å²) < 4.78 is 6.16. The van der Waals surface area contributed by atoms with Crippen LogP contribution < -0.4 is 5.73 Å². The maximum Gasteiger partial charge on any atom is 0.338 e. The number of nitrogen functional groups attached to an aromatic ring is 1.